The van der Waals surface area contributed by atoms with Crippen molar-refractivity contribution < 1.29 is 22.7 Å². The van der Waals surface area contributed by atoms with Crippen molar-refractivity contribution in [2.75, 3.05) is 30.3 Å². The van der Waals surface area contributed by atoms with Gasteiger partial charge < -0.3 is 15.0 Å². The van der Waals surface area contributed by atoms with Gasteiger partial charge >= 0.3 is 0 Å². The van der Waals surface area contributed by atoms with Gasteiger partial charge in [0.15, 0.2) is 0 Å². The molecule has 1 unspecified atom stereocenters. The number of ether oxygens (including phenoxy) is 1. The molecule has 204 valence electrons. The maximum Gasteiger partial charge on any atom is 0.242 e. The minimum atomic E-state index is -3.55. The van der Waals surface area contributed by atoms with E-state index < -0.39 is 16.1 Å². The number of nitrogens with one attached hydrogen (secondary N) is 1. The van der Waals surface area contributed by atoms with E-state index >= 15 is 0 Å². The molecule has 1 N–H and O–H groups in total. The van der Waals surface area contributed by atoms with Crippen LogP contribution >= 0.6 is 0 Å². The van der Waals surface area contributed by atoms with Gasteiger partial charge in [-0.2, -0.15) is 0 Å². The number of nitrogens with zero attached hydrogens (tertiary/aromatic N) is 2. The number of hydrogen-bond acceptors (Lipinski definition) is 5. The van der Waals surface area contributed by atoms with Crippen molar-refractivity contribution in [2.45, 2.75) is 65.5 Å². The highest BCUT2D eigenvalue weighted by Crippen LogP contribution is 2.22. The summed E-state index contributed by atoms with van der Waals surface area (Å²) in [5, 5.41) is 2.93. The van der Waals surface area contributed by atoms with Crippen LogP contribution in [0.3, 0.4) is 0 Å². The molecule has 2 aromatic rings. The molecule has 0 saturated heterocycles. The minimum Gasteiger partial charge on any atom is -0.494 e. The van der Waals surface area contributed by atoms with Gasteiger partial charge in [0.05, 0.1) is 18.6 Å². The second kappa shape index (κ2) is 14.6. The van der Waals surface area contributed by atoms with Crippen LogP contribution in [0.2, 0.25) is 0 Å². The Labute approximate surface area is 222 Å². The highest BCUT2D eigenvalue weighted by Gasteiger charge is 2.28. The normalized spacial score (nSPS) is 12.2. The summed E-state index contributed by atoms with van der Waals surface area (Å²) in [7, 11) is -3.55. The Balaban J connectivity index is 2.14. The van der Waals surface area contributed by atoms with Crippen LogP contribution in [0.1, 0.15) is 52.5 Å². The van der Waals surface area contributed by atoms with Gasteiger partial charge in [-0.15, -0.1) is 0 Å². The van der Waals surface area contributed by atoms with E-state index in [0.717, 1.165) is 11.8 Å². The molecule has 0 aromatic heterocycles. The van der Waals surface area contributed by atoms with Gasteiger partial charge in [-0.25, -0.2) is 8.42 Å². The van der Waals surface area contributed by atoms with E-state index in [9.17, 15) is 18.0 Å². The number of hydrogen-bond donors (Lipinski definition) is 1. The Kier molecular flexibility index (Phi) is 11.9. The molecule has 0 heterocycles. The van der Waals surface area contributed by atoms with Crippen molar-refractivity contribution in [2.24, 2.45) is 0 Å². The van der Waals surface area contributed by atoms with Crippen molar-refractivity contribution in [3.05, 3.63) is 60.2 Å². The largest absolute Gasteiger partial charge is 0.494 e. The quantitative estimate of drug-likeness (QED) is 0.375. The summed E-state index contributed by atoms with van der Waals surface area (Å²) in [4.78, 5) is 28.0. The smallest absolute Gasteiger partial charge is 0.242 e. The summed E-state index contributed by atoms with van der Waals surface area (Å²) in [5.41, 5.74) is 1.60. The Morgan fingerprint density at radius 3 is 2.16 bits per heavy atom. The number of benzene rings is 2. The molecule has 37 heavy (non-hydrogen) atoms. The van der Waals surface area contributed by atoms with E-state index in [1.807, 2.05) is 58.0 Å². The molecule has 0 fully saturated rings. The monoisotopic (exact) mass is 531 g/mol. The van der Waals surface area contributed by atoms with Crippen molar-refractivity contribution in [3.8, 4) is 5.75 Å². The van der Waals surface area contributed by atoms with Gasteiger partial charge in [-0.1, -0.05) is 37.3 Å². The van der Waals surface area contributed by atoms with E-state index in [-0.39, 0.29) is 30.8 Å². The van der Waals surface area contributed by atoms with Crippen LogP contribution in [0.5, 0.6) is 5.75 Å². The Bertz CT molecular complexity index is 1090. The van der Waals surface area contributed by atoms with E-state index in [2.05, 4.69) is 5.32 Å². The van der Waals surface area contributed by atoms with Gasteiger partial charge in [-0.05, 0) is 69.9 Å². The first kappa shape index (κ1) is 30.2. The molecule has 1 atom stereocenters. The number of carbonyl (C=O) groups excluding carboxylic acids is 2. The fourth-order valence-electron chi connectivity index (χ4n) is 4.16. The third-order valence-corrected chi connectivity index (χ3v) is 7.08. The molecule has 0 radical (unpaired) electrons. The van der Waals surface area contributed by atoms with Crippen LogP contribution in [0.25, 0.3) is 0 Å². The molecular weight excluding hydrogens is 490 g/mol. The third kappa shape index (κ3) is 9.72. The summed E-state index contributed by atoms with van der Waals surface area (Å²) < 4.78 is 31.8. The maximum atomic E-state index is 13.4. The minimum absolute atomic E-state index is 0.0370. The molecule has 2 amide bonds. The highest BCUT2D eigenvalue weighted by atomic mass is 32.2. The number of sulfonamides is 1. The first-order valence-corrected chi connectivity index (χ1v) is 14.8. The van der Waals surface area contributed by atoms with E-state index in [0.29, 0.717) is 43.9 Å². The zero-order valence-corrected chi connectivity index (χ0v) is 23.5. The number of carbonyl (C=O) groups is 2. The molecule has 0 bridgehead atoms. The molecule has 0 aliphatic rings. The number of amides is 2. The second-order valence-corrected chi connectivity index (χ2v) is 11.2. The Hall–Kier alpha value is -3.07. The summed E-state index contributed by atoms with van der Waals surface area (Å²) in [6.45, 7) is 8.63. The lowest BCUT2D eigenvalue weighted by Crippen LogP contribution is -2.51. The van der Waals surface area contributed by atoms with Gasteiger partial charge in [0, 0.05) is 25.6 Å². The SMILES string of the molecule is CCOc1ccc(N(CCCC(=O)N(CCc2ccccc2)C(CC)C(=O)NC(C)C)S(C)(=O)=O)cc1. The molecule has 9 heteroatoms. The maximum absolute atomic E-state index is 13.4. The van der Waals surface area contributed by atoms with E-state index in [1.54, 1.807) is 29.2 Å². The third-order valence-electron chi connectivity index (χ3n) is 5.89. The molecule has 0 aliphatic carbocycles. The molecule has 2 rings (SSSR count). The Morgan fingerprint density at radius 1 is 0.973 bits per heavy atom. The van der Waals surface area contributed by atoms with Gasteiger partial charge in [0.2, 0.25) is 21.8 Å². The lowest BCUT2D eigenvalue weighted by Gasteiger charge is -2.31. The Morgan fingerprint density at radius 2 is 1.62 bits per heavy atom. The average Bonchev–Trinajstić information content (AvgIpc) is 2.84. The van der Waals surface area contributed by atoms with Crippen LogP contribution in [0.15, 0.2) is 54.6 Å². The van der Waals surface area contributed by atoms with Crippen LogP contribution in [-0.4, -0.2) is 63.2 Å². The lowest BCUT2D eigenvalue weighted by atomic mass is 10.1. The van der Waals surface area contributed by atoms with Gasteiger partial charge in [0.25, 0.3) is 0 Å². The highest BCUT2D eigenvalue weighted by molar-refractivity contribution is 7.92. The van der Waals surface area contributed by atoms with E-state index in [4.69, 9.17) is 4.74 Å². The summed E-state index contributed by atoms with van der Waals surface area (Å²) in [6, 6.07) is 16.1. The van der Waals surface area contributed by atoms with Crippen LogP contribution in [0, 0.1) is 0 Å². The molecule has 0 saturated carbocycles. The van der Waals surface area contributed by atoms with Crippen LogP contribution in [0.4, 0.5) is 5.69 Å². The van der Waals surface area contributed by atoms with Gasteiger partial charge in [-0.3, -0.25) is 13.9 Å². The summed E-state index contributed by atoms with van der Waals surface area (Å²) in [6.07, 6.45) is 2.72. The molecule has 8 nitrogen and oxygen atoms in total. The van der Waals surface area contributed by atoms with Crippen LogP contribution < -0.4 is 14.4 Å². The van der Waals surface area contributed by atoms with E-state index in [1.165, 1.54) is 4.31 Å². The lowest BCUT2D eigenvalue weighted by molar-refractivity contribution is -0.141. The predicted molar refractivity (Wildman–Crippen MR) is 148 cm³/mol. The first-order chi connectivity index (χ1) is 17.6. The van der Waals surface area contributed by atoms with Crippen molar-refractivity contribution >= 4 is 27.5 Å². The molecular formula is C28H41N3O5S. The number of rotatable bonds is 15. The fourth-order valence-corrected chi connectivity index (χ4v) is 5.12. The molecule has 0 spiro atoms. The van der Waals surface area contributed by atoms with Crippen molar-refractivity contribution in [1.29, 1.82) is 0 Å². The molecule has 0 aliphatic heterocycles. The summed E-state index contributed by atoms with van der Waals surface area (Å²) >= 11 is 0. The predicted octanol–water partition coefficient (Wildman–Crippen LogP) is 4.01. The second-order valence-electron chi connectivity index (χ2n) is 9.28. The molecule has 2 aromatic carbocycles. The van der Waals surface area contributed by atoms with Crippen molar-refractivity contribution in [3.63, 3.8) is 0 Å². The standard InChI is InChI=1S/C28H41N3O5S/c1-6-26(28(33)29-22(3)4)30(21-19-23-12-9-8-10-13-23)27(32)14-11-20-31(37(5,34)35)24-15-17-25(18-16-24)36-7-2/h8-10,12-13,15-18,22,26H,6-7,11,14,19-21H2,1-5H3,(H,29,33). The summed E-state index contributed by atoms with van der Waals surface area (Å²) in [5.74, 6) is 0.321. The average molecular weight is 532 g/mol. The number of anilines is 1. The van der Waals surface area contributed by atoms with Gasteiger partial charge in [0.1, 0.15) is 11.8 Å². The fraction of sp³-hybridized carbons (Fsp3) is 0.500. The zero-order chi connectivity index (χ0) is 27.4. The van der Waals surface area contributed by atoms with Crippen molar-refractivity contribution in [1.82, 2.24) is 10.2 Å². The van der Waals surface area contributed by atoms with Crippen LogP contribution in [-0.2, 0) is 26.0 Å². The first-order valence-electron chi connectivity index (χ1n) is 12.9. The zero-order valence-electron chi connectivity index (χ0n) is 22.6. The topological polar surface area (TPSA) is 96.0 Å².